The molecule has 1 N–H and O–H groups in total. The summed E-state index contributed by atoms with van der Waals surface area (Å²) >= 11 is 13.2. The number of aromatic nitrogens is 2. The SMILES string of the molecule is Cc1noc(-c2ccsc2NC(=O)COc2ccc(Cl)cc2Cl)n1. The molecule has 3 aromatic rings. The largest absolute Gasteiger partial charge is 0.482 e. The van der Waals surface area contributed by atoms with Crippen LogP contribution in [-0.2, 0) is 4.79 Å². The van der Waals surface area contributed by atoms with E-state index in [1.165, 1.54) is 11.3 Å². The molecule has 0 spiro atoms. The van der Waals surface area contributed by atoms with Crippen LogP contribution in [0.5, 0.6) is 5.75 Å². The van der Waals surface area contributed by atoms with Crippen molar-refractivity contribution in [1.29, 1.82) is 0 Å². The van der Waals surface area contributed by atoms with Gasteiger partial charge in [0, 0.05) is 5.02 Å². The fourth-order valence-electron chi connectivity index (χ4n) is 1.88. The van der Waals surface area contributed by atoms with Gasteiger partial charge in [0.15, 0.2) is 12.4 Å². The Morgan fingerprint density at radius 1 is 1.38 bits per heavy atom. The molecule has 1 aromatic carbocycles. The summed E-state index contributed by atoms with van der Waals surface area (Å²) in [6, 6.07) is 6.58. The highest BCUT2D eigenvalue weighted by atomic mass is 35.5. The van der Waals surface area contributed by atoms with E-state index in [4.69, 9.17) is 32.5 Å². The lowest BCUT2D eigenvalue weighted by Gasteiger charge is -2.08. The number of amides is 1. The number of carbonyl (C=O) groups excluding carboxylic acids is 1. The molecule has 9 heteroatoms. The lowest BCUT2D eigenvalue weighted by molar-refractivity contribution is -0.118. The Labute approximate surface area is 151 Å². The van der Waals surface area contributed by atoms with E-state index in [-0.39, 0.29) is 12.5 Å². The normalized spacial score (nSPS) is 10.6. The van der Waals surface area contributed by atoms with Gasteiger partial charge in [0.05, 0.1) is 10.6 Å². The zero-order valence-corrected chi connectivity index (χ0v) is 14.7. The van der Waals surface area contributed by atoms with Crippen LogP contribution in [0.3, 0.4) is 0 Å². The molecule has 124 valence electrons. The number of hydrogen-bond acceptors (Lipinski definition) is 6. The summed E-state index contributed by atoms with van der Waals surface area (Å²) in [6.45, 7) is 1.53. The molecule has 6 nitrogen and oxygen atoms in total. The molecule has 0 aliphatic carbocycles. The van der Waals surface area contributed by atoms with Crippen molar-refractivity contribution in [3.8, 4) is 17.2 Å². The highest BCUT2D eigenvalue weighted by Crippen LogP contribution is 2.32. The van der Waals surface area contributed by atoms with Crippen molar-refractivity contribution in [2.75, 3.05) is 11.9 Å². The van der Waals surface area contributed by atoms with Crippen LogP contribution in [0.25, 0.3) is 11.5 Å². The van der Waals surface area contributed by atoms with E-state index < -0.39 is 0 Å². The van der Waals surface area contributed by atoms with Gasteiger partial charge in [0.2, 0.25) is 0 Å². The van der Waals surface area contributed by atoms with Crippen molar-refractivity contribution >= 4 is 45.4 Å². The van der Waals surface area contributed by atoms with Gasteiger partial charge in [-0.1, -0.05) is 28.4 Å². The lowest BCUT2D eigenvalue weighted by atomic mass is 10.3. The first-order valence-electron chi connectivity index (χ1n) is 6.79. The van der Waals surface area contributed by atoms with E-state index in [2.05, 4.69) is 15.5 Å². The summed E-state index contributed by atoms with van der Waals surface area (Å²) in [4.78, 5) is 16.2. The minimum absolute atomic E-state index is 0.193. The third-order valence-corrected chi connectivity index (χ3v) is 4.29. The van der Waals surface area contributed by atoms with Gasteiger partial charge in [-0.25, -0.2) is 0 Å². The second-order valence-corrected chi connectivity index (χ2v) is 6.48. The van der Waals surface area contributed by atoms with Crippen LogP contribution in [0.2, 0.25) is 10.0 Å². The molecule has 0 aliphatic rings. The minimum Gasteiger partial charge on any atom is -0.482 e. The molecular formula is C15H11Cl2N3O3S. The first kappa shape index (κ1) is 16.8. The van der Waals surface area contributed by atoms with Crippen LogP contribution in [0, 0.1) is 6.92 Å². The van der Waals surface area contributed by atoms with Crippen molar-refractivity contribution in [3.63, 3.8) is 0 Å². The lowest BCUT2D eigenvalue weighted by Crippen LogP contribution is -2.20. The number of hydrogen-bond donors (Lipinski definition) is 1. The number of ether oxygens (including phenoxy) is 1. The minimum atomic E-state index is -0.332. The van der Waals surface area contributed by atoms with Crippen LogP contribution in [0.4, 0.5) is 5.00 Å². The average molecular weight is 384 g/mol. The summed E-state index contributed by atoms with van der Waals surface area (Å²) in [5, 5.41) is 9.76. The molecular weight excluding hydrogens is 373 g/mol. The van der Waals surface area contributed by atoms with E-state index in [0.29, 0.717) is 38.1 Å². The monoisotopic (exact) mass is 383 g/mol. The van der Waals surface area contributed by atoms with Crippen LogP contribution in [-0.4, -0.2) is 22.7 Å². The molecule has 0 atom stereocenters. The predicted octanol–water partition coefficient (Wildman–Crippen LogP) is 4.43. The molecule has 24 heavy (non-hydrogen) atoms. The third kappa shape index (κ3) is 3.87. The summed E-state index contributed by atoms with van der Waals surface area (Å²) in [6.07, 6.45) is 0. The van der Waals surface area contributed by atoms with Gasteiger partial charge in [0.25, 0.3) is 11.8 Å². The van der Waals surface area contributed by atoms with Crippen molar-refractivity contribution in [2.24, 2.45) is 0 Å². The fraction of sp³-hybridized carbons (Fsp3) is 0.133. The maximum atomic E-state index is 12.1. The molecule has 0 saturated heterocycles. The topological polar surface area (TPSA) is 77.2 Å². The van der Waals surface area contributed by atoms with Crippen molar-refractivity contribution < 1.29 is 14.1 Å². The third-order valence-electron chi connectivity index (χ3n) is 2.93. The first-order valence-corrected chi connectivity index (χ1v) is 8.42. The molecule has 0 aliphatic heterocycles. The Morgan fingerprint density at radius 2 is 2.21 bits per heavy atom. The molecule has 3 rings (SSSR count). The maximum Gasteiger partial charge on any atom is 0.262 e. The number of benzene rings is 1. The highest BCUT2D eigenvalue weighted by Gasteiger charge is 2.15. The van der Waals surface area contributed by atoms with E-state index in [0.717, 1.165) is 0 Å². The number of carbonyl (C=O) groups is 1. The Balaban J connectivity index is 1.64. The Morgan fingerprint density at radius 3 is 2.92 bits per heavy atom. The fourth-order valence-corrected chi connectivity index (χ4v) is 3.14. The quantitative estimate of drug-likeness (QED) is 0.704. The van der Waals surface area contributed by atoms with E-state index >= 15 is 0 Å². The van der Waals surface area contributed by atoms with E-state index in [9.17, 15) is 4.79 Å². The van der Waals surface area contributed by atoms with Crippen LogP contribution in [0.1, 0.15) is 5.82 Å². The zero-order chi connectivity index (χ0) is 17.1. The van der Waals surface area contributed by atoms with Gasteiger partial charge in [-0.2, -0.15) is 4.98 Å². The Kier molecular flexibility index (Phi) is 5.03. The standard InChI is InChI=1S/C15H11Cl2N3O3S/c1-8-18-14(23-20-8)10-4-5-24-15(10)19-13(21)7-22-12-3-2-9(16)6-11(12)17/h2-6H,7H2,1H3,(H,19,21). The van der Waals surface area contributed by atoms with E-state index in [1.807, 2.05) is 5.38 Å². The van der Waals surface area contributed by atoms with Gasteiger partial charge in [-0.3, -0.25) is 4.79 Å². The molecule has 0 radical (unpaired) electrons. The number of anilines is 1. The summed E-state index contributed by atoms with van der Waals surface area (Å²) in [7, 11) is 0. The van der Waals surface area contributed by atoms with Gasteiger partial charge >= 0.3 is 0 Å². The number of thiophene rings is 1. The van der Waals surface area contributed by atoms with E-state index in [1.54, 1.807) is 31.2 Å². The predicted molar refractivity (Wildman–Crippen MR) is 92.9 cm³/mol. The molecule has 0 fully saturated rings. The first-order chi connectivity index (χ1) is 11.5. The Hall–Kier alpha value is -2.09. The average Bonchev–Trinajstić information content (AvgIpc) is 3.15. The Bertz CT molecular complexity index is 878. The number of halogens is 2. The van der Waals surface area contributed by atoms with Crippen LogP contribution in [0.15, 0.2) is 34.2 Å². The number of aryl methyl sites for hydroxylation is 1. The molecule has 0 unspecified atom stereocenters. The summed E-state index contributed by atoms with van der Waals surface area (Å²) in [5.41, 5.74) is 0.665. The molecule has 1 amide bonds. The van der Waals surface area contributed by atoms with Crippen molar-refractivity contribution in [3.05, 3.63) is 45.5 Å². The molecule has 2 heterocycles. The summed E-state index contributed by atoms with van der Waals surface area (Å²) < 4.78 is 10.5. The van der Waals surface area contributed by atoms with Gasteiger partial charge < -0.3 is 14.6 Å². The second kappa shape index (κ2) is 7.21. The summed E-state index contributed by atoms with van der Waals surface area (Å²) in [5.74, 6) is 0.927. The maximum absolute atomic E-state index is 12.1. The molecule has 0 saturated carbocycles. The van der Waals surface area contributed by atoms with Gasteiger partial charge in [-0.15, -0.1) is 11.3 Å². The van der Waals surface area contributed by atoms with Gasteiger partial charge in [-0.05, 0) is 36.6 Å². The smallest absolute Gasteiger partial charge is 0.262 e. The highest BCUT2D eigenvalue weighted by molar-refractivity contribution is 7.15. The van der Waals surface area contributed by atoms with Crippen molar-refractivity contribution in [2.45, 2.75) is 6.92 Å². The number of nitrogens with one attached hydrogen (secondary N) is 1. The van der Waals surface area contributed by atoms with Crippen molar-refractivity contribution in [1.82, 2.24) is 10.1 Å². The molecule has 0 bridgehead atoms. The van der Waals surface area contributed by atoms with Crippen LogP contribution >= 0.6 is 34.5 Å². The van der Waals surface area contributed by atoms with Crippen LogP contribution < -0.4 is 10.1 Å². The zero-order valence-electron chi connectivity index (χ0n) is 12.4. The number of rotatable bonds is 5. The van der Waals surface area contributed by atoms with Gasteiger partial charge in [0.1, 0.15) is 10.8 Å². The molecule has 2 aromatic heterocycles. The second-order valence-electron chi connectivity index (χ2n) is 4.72. The number of nitrogens with zero attached hydrogens (tertiary/aromatic N) is 2.